The van der Waals surface area contributed by atoms with Crippen LogP contribution in [0.25, 0.3) is 22.3 Å². The Bertz CT molecular complexity index is 758. The molecule has 0 spiro atoms. The van der Waals surface area contributed by atoms with Crippen molar-refractivity contribution in [2.45, 2.75) is 39.5 Å². The van der Waals surface area contributed by atoms with E-state index in [4.69, 9.17) is 0 Å². The largest absolute Gasteiger partial charge is 0.0619 e. The topological polar surface area (TPSA) is 0 Å². The van der Waals surface area contributed by atoms with Crippen molar-refractivity contribution in [3.8, 4) is 22.3 Å². The zero-order chi connectivity index (χ0) is 17.1. The second kappa shape index (κ2) is 7.05. The quantitative estimate of drug-likeness (QED) is 0.483. The molecule has 0 nitrogen and oxygen atoms in total. The lowest BCUT2D eigenvalue weighted by molar-refractivity contribution is 0.868. The van der Waals surface area contributed by atoms with Crippen LogP contribution in [0.15, 0.2) is 66.7 Å². The molecule has 0 aliphatic carbocycles. The molecule has 0 bridgehead atoms. The van der Waals surface area contributed by atoms with Crippen molar-refractivity contribution in [1.82, 2.24) is 0 Å². The maximum absolute atomic E-state index is 3.67. The normalized spacial score (nSPS) is 11.2. The summed E-state index contributed by atoms with van der Waals surface area (Å²) in [7, 11) is 0. The molecule has 0 fully saturated rings. The van der Waals surface area contributed by atoms with Crippen LogP contribution in [0.1, 0.15) is 50.7 Å². The van der Waals surface area contributed by atoms with Crippen LogP contribution in [0.3, 0.4) is 0 Å². The highest BCUT2D eigenvalue weighted by Gasteiger charge is 2.11. The van der Waals surface area contributed by atoms with E-state index >= 15 is 0 Å². The first-order valence-electron chi connectivity index (χ1n) is 8.79. The Morgan fingerprint density at radius 2 is 0.958 bits per heavy atom. The van der Waals surface area contributed by atoms with E-state index in [-0.39, 0.29) is 0 Å². The summed E-state index contributed by atoms with van der Waals surface area (Å²) < 4.78 is 0. The monoisotopic (exact) mass is 313 g/mol. The molecule has 0 unspecified atom stereocenters. The second-order valence-corrected chi connectivity index (χ2v) is 6.96. The molecule has 0 saturated heterocycles. The van der Waals surface area contributed by atoms with Gasteiger partial charge in [0.1, 0.15) is 0 Å². The summed E-state index contributed by atoms with van der Waals surface area (Å²) in [5.74, 6) is 1.00. The summed E-state index contributed by atoms with van der Waals surface area (Å²) in [5.41, 5.74) is 7.68. The third-order valence-corrected chi connectivity index (χ3v) is 4.54. The summed E-state index contributed by atoms with van der Waals surface area (Å²) in [6.07, 6.45) is 0. The molecule has 0 atom stereocenters. The Kier molecular flexibility index (Phi) is 4.85. The van der Waals surface area contributed by atoms with Gasteiger partial charge in [-0.05, 0) is 51.3 Å². The van der Waals surface area contributed by atoms with Gasteiger partial charge < -0.3 is 0 Å². The Morgan fingerprint density at radius 1 is 0.542 bits per heavy atom. The van der Waals surface area contributed by atoms with Gasteiger partial charge in [0.2, 0.25) is 0 Å². The minimum absolute atomic E-state index is 0.501. The van der Waals surface area contributed by atoms with E-state index in [1.54, 1.807) is 0 Å². The lowest BCUT2D eigenvalue weighted by Crippen LogP contribution is -1.94. The molecular formula is C24H25. The van der Waals surface area contributed by atoms with Crippen LogP contribution in [0, 0.1) is 6.07 Å². The first-order valence-corrected chi connectivity index (χ1v) is 8.79. The third kappa shape index (κ3) is 3.28. The minimum atomic E-state index is 0.501. The zero-order valence-electron chi connectivity index (χ0n) is 15.0. The average molecular weight is 313 g/mol. The smallest absolute Gasteiger partial charge is 0.00141 e. The molecule has 0 aliphatic heterocycles. The summed E-state index contributed by atoms with van der Waals surface area (Å²) in [6.45, 7) is 8.99. The molecule has 0 aromatic heterocycles. The lowest BCUT2D eigenvalue weighted by Gasteiger charge is -2.15. The lowest BCUT2D eigenvalue weighted by atomic mass is 9.89. The number of rotatable bonds is 4. The van der Waals surface area contributed by atoms with E-state index in [0.29, 0.717) is 11.8 Å². The van der Waals surface area contributed by atoms with Crippen molar-refractivity contribution in [2.24, 2.45) is 0 Å². The molecule has 0 heteroatoms. The predicted molar refractivity (Wildman–Crippen MR) is 104 cm³/mol. The van der Waals surface area contributed by atoms with Crippen molar-refractivity contribution < 1.29 is 0 Å². The van der Waals surface area contributed by atoms with Gasteiger partial charge in [0.15, 0.2) is 0 Å². The third-order valence-electron chi connectivity index (χ3n) is 4.54. The van der Waals surface area contributed by atoms with Crippen LogP contribution in [0.2, 0.25) is 0 Å². The molecular weight excluding hydrogens is 288 g/mol. The van der Waals surface area contributed by atoms with E-state index in [2.05, 4.69) is 100 Å². The number of hydrogen-bond donors (Lipinski definition) is 0. The number of hydrogen-bond acceptors (Lipinski definition) is 0. The highest BCUT2D eigenvalue weighted by atomic mass is 14.2. The Labute approximate surface area is 146 Å². The van der Waals surface area contributed by atoms with Gasteiger partial charge in [-0.15, -0.1) is 0 Å². The first kappa shape index (κ1) is 16.5. The van der Waals surface area contributed by atoms with Gasteiger partial charge in [-0.2, -0.15) is 0 Å². The fraction of sp³-hybridized carbons (Fsp3) is 0.250. The maximum atomic E-state index is 3.67. The molecule has 0 aliphatic rings. The SMILES string of the molecule is CC(C)c1ccccc1-c1[c]c(-c2ccccc2C(C)C)ccc1. The molecule has 3 aromatic carbocycles. The molecule has 1 radical (unpaired) electrons. The molecule has 0 heterocycles. The molecule has 3 rings (SSSR count). The van der Waals surface area contributed by atoms with Crippen LogP contribution >= 0.6 is 0 Å². The molecule has 0 N–H and O–H groups in total. The van der Waals surface area contributed by atoms with Gasteiger partial charge in [-0.25, -0.2) is 0 Å². The van der Waals surface area contributed by atoms with Crippen molar-refractivity contribution in [3.05, 3.63) is 83.9 Å². The summed E-state index contributed by atoms with van der Waals surface area (Å²) in [5, 5.41) is 0. The van der Waals surface area contributed by atoms with Gasteiger partial charge in [-0.1, -0.05) is 94.4 Å². The molecule has 0 saturated carbocycles. The Hall–Kier alpha value is -2.34. The van der Waals surface area contributed by atoms with Gasteiger partial charge in [0.25, 0.3) is 0 Å². The van der Waals surface area contributed by atoms with E-state index < -0.39 is 0 Å². The van der Waals surface area contributed by atoms with Crippen molar-refractivity contribution in [3.63, 3.8) is 0 Å². The van der Waals surface area contributed by atoms with E-state index in [0.717, 1.165) is 0 Å². The van der Waals surface area contributed by atoms with Crippen LogP contribution in [0.5, 0.6) is 0 Å². The van der Waals surface area contributed by atoms with E-state index in [9.17, 15) is 0 Å². The van der Waals surface area contributed by atoms with Gasteiger partial charge in [0.05, 0.1) is 0 Å². The van der Waals surface area contributed by atoms with Crippen molar-refractivity contribution in [2.75, 3.05) is 0 Å². The maximum Gasteiger partial charge on any atom is -0.00141 e. The standard InChI is InChI=1S/C24H25/c1-17(2)21-12-5-7-14-23(21)19-10-9-11-20(16-19)24-15-8-6-13-22(24)18(3)4/h5-15,17-18H,1-4H3. The Balaban J connectivity index is 2.12. The minimum Gasteiger partial charge on any atom is -0.0619 e. The zero-order valence-corrected chi connectivity index (χ0v) is 15.0. The first-order chi connectivity index (χ1) is 11.6. The molecule has 3 aromatic rings. The number of benzene rings is 3. The fourth-order valence-corrected chi connectivity index (χ4v) is 3.27. The summed E-state index contributed by atoms with van der Waals surface area (Å²) >= 11 is 0. The molecule has 121 valence electrons. The summed E-state index contributed by atoms with van der Waals surface area (Å²) in [6, 6.07) is 27.5. The van der Waals surface area contributed by atoms with Crippen LogP contribution in [0.4, 0.5) is 0 Å². The van der Waals surface area contributed by atoms with Crippen LogP contribution < -0.4 is 0 Å². The van der Waals surface area contributed by atoms with E-state index in [1.165, 1.54) is 33.4 Å². The van der Waals surface area contributed by atoms with Crippen molar-refractivity contribution in [1.29, 1.82) is 0 Å². The predicted octanol–water partition coefficient (Wildman–Crippen LogP) is 7.07. The van der Waals surface area contributed by atoms with Gasteiger partial charge >= 0.3 is 0 Å². The Morgan fingerprint density at radius 3 is 1.38 bits per heavy atom. The van der Waals surface area contributed by atoms with E-state index in [1.807, 2.05) is 0 Å². The average Bonchev–Trinajstić information content (AvgIpc) is 2.61. The highest BCUT2D eigenvalue weighted by Crippen LogP contribution is 2.33. The van der Waals surface area contributed by atoms with Crippen LogP contribution in [-0.2, 0) is 0 Å². The second-order valence-electron chi connectivity index (χ2n) is 6.96. The summed E-state index contributed by atoms with van der Waals surface area (Å²) in [4.78, 5) is 0. The van der Waals surface area contributed by atoms with Gasteiger partial charge in [0, 0.05) is 0 Å². The van der Waals surface area contributed by atoms with Gasteiger partial charge in [-0.3, -0.25) is 0 Å². The highest BCUT2D eigenvalue weighted by molar-refractivity contribution is 5.75. The molecule has 24 heavy (non-hydrogen) atoms. The van der Waals surface area contributed by atoms with Crippen molar-refractivity contribution >= 4 is 0 Å². The van der Waals surface area contributed by atoms with Crippen LogP contribution in [-0.4, -0.2) is 0 Å². The fourth-order valence-electron chi connectivity index (χ4n) is 3.27. The molecule has 0 amide bonds.